The number of benzene rings is 2. The number of aromatic nitrogens is 2. The van der Waals surface area contributed by atoms with Crippen molar-refractivity contribution in [3.63, 3.8) is 0 Å². The molecule has 0 aliphatic rings. The number of rotatable bonds is 2. The van der Waals surface area contributed by atoms with E-state index in [2.05, 4.69) is 47.9 Å². The fraction of sp³-hybridized carbons (Fsp3) is 0. The first-order valence-electron chi connectivity index (χ1n) is 6.33. The maximum atomic E-state index is 9.74. The van der Waals surface area contributed by atoms with Gasteiger partial charge in [-0.15, -0.1) is 0 Å². The molecule has 2 aromatic carbocycles. The number of allylic oxidation sites excluding steroid dienone is 1. The van der Waals surface area contributed by atoms with Crippen molar-refractivity contribution in [2.75, 3.05) is 0 Å². The molecule has 3 rings (SSSR count). The van der Waals surface area contributed by atoms with Gasteiger partial charge in [0, 0.05) is 0 Å². The number of hydrogen-bond acceptors (Lipinski definition) is 3. The Morgan fingerprint density at radius 3 is 2.55 bits per heavy atom. The Morgan fingerprint density at radius 1 is 1.23 bits per heavy atom. The highest BCUT2D eigenvalue weighted by Gasteiger charge is 2.09. The van der Waals surface area contributed by atoms with Gasteiger partial charge in [0.05, 0.1) is 25.6 Å². The van der Waals surface area contributed by atoms with Crippen LogP contribution in [0.25, 0.3) is 22.7 Å². The Morgan fingerprint density at radius 2 is 1.91 bits per heavy atom. The van der Waals surface area contributed by atoms with E-state index in [1.54, 1.807) is 18.2 Å². The van der Waals surface area contributed by atoms with E-state index in [4.69, 9.17) is 0 Å². The van der Waals surface area contributed by atoms with Gasteiger partial charge in [-0.2, -0.15) is 5.26 Å². The molecule has 1 aromatic heterocycles. The largest absolute Gasteiger partial charge is 0.506 e. The molecule has 0 bridgehead atoms. The highest BCUT2D eigenvalue weighted by Crippen LogP contribution is 2.34. The third-order valence-electron chi connectivity index (χ3n) is 3.12. The van der Waals surface area contributed by atoms with Crippen LogP contribution in [0.15, 0.2) is 45.3 Å². The van der Waals surface area contributed by atoms with Crippen LogP contribution in [0, 0.1) is 11.3 Å². The number of aromatic hydroxyl groups is 1. The maximum Gasteiger partial charge on any atom is 0.149 e. The lowest BCUT2D eigenvalue weighted by molar-refractivity contribution is 0.468. The van der Waals surface area contributed by atoms with Crippen LogP contribution in [-0.2, 0) is 0 Å². The number of nitrogens with zero attached hydrogens (tertiary/aromatic N) is 2. The van der Waals surface area contributed by atoms with Crippen molar-refractivity contribution < 1.29 is 5.11 Å². The quantitative estimate of drug-likeness (QED) is 0.583. The number of para-hydroxylation sites is 2. The lowest BCUT2D eigenvalue weighted by Crippen LogP contribution is -1.85. The number of fused-ring (bicyclic) bond motifs is 1. The van der Waals surface area contributed by atoms with Crippen molar-refractivity contribution in [3.05, 3.63) is 56.7 Å². The molecule has 4 nitrogen and oxygen atoms in total. The summed E-state index contributed by atoms with van der Waals surface area (Å²) in [7, 11) is 0. The van der Waals surface area contributed by atoms with Crippen LogP contribution in [0.4, 0.5) is 0 Å². The Hall–Kier alpha value is -2.10. The predicted molar refractivity (Wildman–Crippen MR) is 93.1 cm³/mol. The number of nitrogens with one attached hydrogen (secondary N) is 1. The Kier molecular flexibility index (Phi) is 4.01. The van der Waals surface area contributed by atoms with Crippen molar-refractivity contribution in [2.24, 2.45) is 0 Å². The second-order valence-corrected chi connectivity index (χ2v) is 6.31. The molecule has 0 atom stereocenters. The van der Waals surface area contributed by atoms with Crippen LogP contribution < -0.4 is 0 Å². The smallest absolute Gasteiger partial charge is 0.149 e. The molecule has 0 spiro atoms. The van der Waals surface area contributed by atoms with Crippen LogP contribution in [0.3, 0.4) is 0 Å². The van der Waals surface area contributed by atoms with E-state index in [1.165, 1.54) is 0 Å². The van der Waals surface area contributed by atoms with Gasteiger partial charge in [-0.1, -0.05) is 12.1 Å². The average molecular weight is 419 g/mol. The minimum absolute atomic E-state index is 0.124. The summed E-state index contributed by atoms with van der Waals surface area (Å²) < 4.78 is 1.10. The van der Waals surface area contributed by atoms with Gasteiger partial charge in [-0.25, -0.2) is 4.98 Å². The van der Waals surface area contributed by atoms with Gasteiger partial charge in [0.25, 0.3) is 0 Å². The zero-order valence-electron chi connectivity index (χ0n) is 11.1. The number of H-pyrrole nitrogens is 1. The highest BCUT2D eigenvalue weighted by atomic mass is 79.9. The summed E-state index contributed by atoms with van der Waals surface area (Å²) in [5.41, 5.74) is 2.88. The van der Waals surface area contributed by atoms with E-state index in [0.717, 1.165) is 16.6 Å². The highest BCUT2D eigenvalue weighted by molar-refractivity contribution is 9.11. The summed E-state index contributed by atoms with van der Waals surface area (Å²) in [4.78, 5) is 7.56. The first-order valence-corrected chi connectivity index (χ1v) is 7.92. The molecule has 0 radical (unpaired) electrons. The normalized spacial score (nSPS) is 11.6. The number of nitriles is 1. The Labute approximate surface area is 143 Å². The number of hydrogen-bond donors (Lipinski definition) is 2. The summed E-state index contributed by atoms with van der Waals surface area (Å²) in [6.07, 6.45) is 1.71. The molecule has 0 saturated carbocycles. The maximum absolute atomic E-state index is 9.74. The van der Waals surface area contributed by atoms with Crippen LogP contribution >= 0.6 is 31.9 Å². The van der Waals surface area contributed by atoms with Gasteiger partial charge in [0.2, 0.25) is 0 Å². The van der Waals surface area contributed by atoms with E-state index in [-0.39, 0.29) is 5.75 Å². The second-order valence-electron chi connectivity index (χ2n) is 4.61. The van der Waals surface area contributed by atoms with E-state index >= 15 is 0 Å². The lowest BCUT2D eigenvalue weighted by atomic mass is 10.1. The van der Waals surface area contributed by atoms with Crippen LogP contribution in [0.5, 0.6) is 5.75 Å². The monoisotopic (exact) mass is 417 g/mol. The second kappa shape index (κ2) is 5.95. The zero-order chi connectivity index (χ0) is 15.7. The van der Waals surface area contributed by atoms with Crippen LogP contribution in [0.1, 0.15) is 11.4 Å². The van der Waals surface area contributed by atoms with Gasteiger partial charge >= 0.3 is 0 Å². The van der Waals surface area contributed by atoms with Gasteiger partial charge in [-0.3, -0.25) is 0 Å². The summed E-state index contributed by atoms with van der Waals surface area (Å²) in [6.45, 7) is 0. The molecule has 0 unspecified atom stereocenters. The molecule has 0 fully saturated rings. The van der Waals surface area contributed by atoms with E-state index in [1.807, 2.05) is 24.3 Å². The molecule has 3 aromatic rings. The fourth-order valence-corrected chi connectivity index (χ4v) is 3.29. The molecular formula is C16H9Br2N3O. The zero-order valence-corrected chi connectivity index (χ0v) is 14.3. The first kappa shape index (κ1) is 14.8. The Balaban J connectivity index is 2.09. The topological polar surface area (TPSA) is 72.7 Å². The predicted octanol–water partition coefficient (Wildman–Crippen LogP) is 4.86. The molecule has 108 valence electrons. The summed E-state index contributed by atoms with van der Waals surface area (Å²) in [5, 5.41) is 19.1. The molecule has 0 saturated heterocycles. The van der Waals surface area contributed by atoms with Gasteiger partial charge < -0.3 is 10.1 Å². The summed E-state index contributed by atoms with van der Waals surface area (Å²) >= 11 is 6.55. The third kappa shape index (κ3) is 2.78. The number of aromatic amines is 1. The van der Waals surface area contributed by atoms with Gasteiger partial charge in [0.1, 0.15) is 17.6 Å². The van der Waals surface area contributed by atoms with Gasteiger partial charge in [-0.05, 0) is 67.8 Å². The van der Waals surface area contributed by atoms with Crippen molar-refractivity contribution in [1.82, 2.24) is 9.97 Å². The summed E-state index contributed by atoms with van der Waals surface area (Å²) in [5.74, 6) is 0.642. The minimum atomic E-state index is 0.124. The van der Waals surface area contributed by atoms with Crippen LogP contribution in [-0.4, -0.2) is 15.1 Å². The van der Waals surface area contributed by atoms with E-state index in [9.17, 15) is 10.4 Å². The molecule has 0 amide bonds. The molecule has 1 heterocycles. The molecular weight excluding hydrogens is 410 g/mol. The summed E-state index contributed by atoms with van der Waals surface area (Å²) in [6, 6.07) is 13.2. The standard InChI is InChI=1S/C16H9Br2N3O/c17-11-6-9(7-12(18)15(11)22)5-10(8-19)16-20-13-3-1-2-4-14(13)21-16/h1-7,22H,(H,20,21)/b10-5-. The first-order chi connectivity index (χ1) is 10.6. The van der Waals surface area contributed by atoms with Crippen molar-refractivity contribution in [2.45, 2.75) is 0 Å². The van der Waals surface area contributed by atoms with Crippen molar-refractivity contribution in [3.8, 4) is 11.8 Å². The van der Waals surface area contributed by atoms with Crippen molar-refractivity contribution in [1.29, 1.82) is 5.26 Å². The number of halogens is 2. The number of imidazole rings is 1. The molecule has 0 aliphatic heterocycles. The third-order valence-corrected chi connectivity index (χ3v) is 4.32. The fourth-order valence-electron chi connectivity index (χ4n) is 2.07. The molecule has 0 aliphatic carbocycles. The molecule has 22 heavy (non-hydrogen) atoms. The number of phenolic OH excluding ortho intramolecular Hbond substituents is 1. The minimum Gasteiger partial charge on any atom is -0.506 e. The van der Waals surface area contributed by atoms with E-state index < -0.39 is 0 Å². The SMILES string of the molecule is N#C/C(=C/c1cc(Br)c(O)c(Br)c1)c1nc2ccccc2[nH]1. The molecule has 6 heteroatoms. The van der Waals surface area contributed by atoms with Gasteiger partial charge in [0.15, 0.2) is 0 Å². The number of phenols is 1. The van der Waals surface area contributed by atoms with E-state index in [0.29, 0.717) is 20.3 Å². The lowest BCUT2D eigenvalue weighted by Gasteiger charge is -2.03. The van der Waals surface area contributed by atoms with Crippen LogP contribution in [0.2, 0.25) is 0 Å². The molecule has 2 N–H and O–H groups in total. The van der Waals surface area contributed by atoms with Crippen molar-refractivity contribution >= 4 is 54.5 Å². The Bertz CT molecular complexity index is 882. The average Bonchev–Trinajstić information content (AvgIpc) is 2.93.